The Kier molecular flexibility index (Phi) is 18.4. The van der Waals surface area contributed by atoms with Gasteiger partial charge >= 0.3 is 70.4 Å². The van der Waals surface area contributed by atoms with Gasteiger partial charge in [-0.2, -0.15) is 0 Å². The van der Waals surface area contributed by atoms with Gasteiger partial charge in [0.25, 0.3) is 11.4 Å². The van der Waals surface area contributed by atoms with Crippen molar-refractivity contribution >= 4 is 23.6 Å². The van der Waals surface area contributed by atoms with E-state index in [1.807, 2.05) is 0 Å². The number of nitrogens with zero attached hydrogens (tertiary/aromatic N) is 2. The molecule has 0 bridgehead atoms. The molecular formula is C22H29N4O12Rb. The van der Waals surface area contributed by atoms with Crippen LogP contribution in [0.3, 0.4) is 0 Å². The maximum atomic E-state index is 11.4. The summed E-state index contributed by atoms with van der Waals surface area (Å²) >= 11 is 0. The minimum atomic E-state index is -0.727. The molecule has 2 aromatic carbocycles. The first-order valence-electron chi connectivity index (χ1n) is 10.1. The zero-order valence-electron chi connectivity index (χ0n) is 21.5. The summed E-state index contributed by atoms with van der Waals surface area (Å²) in [5.41, 5.74) is -0.322. The molecule has 0 saturated heterocycles. The summed E-state index contributed by atoms with van der Waals surface area (Å²) in [6, 6.07) is 4.64. The van der Waals surface area contributed by atoms with Crippen LogP contribution in [0.2, 0.25) is 0 Å². The Morgan fingerprint density at radius 2 is 1.10 bits per heavy atom. The van der Waals surface area contributed by atoms with Crippen molar-refractivity contribution in [3.8, 4) is 23.0 Å². The molecule has 39 heavy (non-hydrogen) atoms. The monoisotopic (exact) mass is 626 g/mol. The predicted molar refractivity (Wildman–Crippen MR) is 131 cm³/mol. The average molecular weight is 627 g/mol. The van der Waals surface area contributed by atoms with Gasteiger partial charge in [-0.1, -0.05) is 13.2 Å². The summed E-state index contributed by atoms with van der Waals surface area (Å²) in [4.78, 5) is 42.3. The van der Waals surface area contributed by atoms with Gasteiger partial charge in [-0.25, -0.2) is 9.59 Å². The van der Waals surface area contributed by atoms with Crippen molar-refractivity contribution in [1.82, 2.24) is 10.6 Å². The third-order valence-electron chi connectivity index (χ3n) is 4.47. The standard InChI is InChI=1S/C11H14N2O6.C10H12N2O6.CH4.Rb/c1-12-11(14)19-6-7-4-9(17-2)10(18-3)5-8(7)13(15)16;1-11-10(14)18-5-6-3-9(17-2)8(13)4-7(6)12(15)16;;/h4-5H,6H2,1-3H3,(H,12,14);3-4,13H,5H2,1-2H3,(H,11,14);1H4;/q;;;+1/p-1. The normalized spacial score (nSPS) is 9.15. The van der Waals surface area contributed by atoms with Gasteiger partial charge in [-0.15, -0.1) is 0 Å². The van der Waals surface area contributed by atoms with Gasteiger partial charge in [0.1, 0.15) is 19.0 Å². The summed E-state index contributed by atoms with van der Waals surface area (Å²) in [5.74, 6) is -0.0921. The van der Waals surface area contributed by atoms with Crippen LogP contribution in [0, 0.1) is 20.2 Å². The van der Waals surface area contributed by atoms with Crippen LogP contribution in [0.4, 0.5) is 21.0 Å². The number of benzene rings is 2. The number of nitro groups is 2. The fourth-order valence-electron chi connectivity index (χ4n) is 2.66. The average Bonchev–Trinajstić information content (AvgIpc) is 2.89. The van der Waals surface area contributed by atoms with E-state index < -0.39 is 33.5 Å². The minimum Gasteiger partial charge on any atom is -0.870 e. The van der Waals surface area contributed by atoms with E-state index >= 15 is 0 Å². The Morgan fingerprint density at radius 1 is 0.744 bits per heavy atom. The molecule has 210 valence electrons. The van der Waals surface area contributed by atoms with E-state index in [4.69, 9.17) is 23.7 Å². The van der Waals surface area contributed by atoms with Crippen molar-refractivity contribution < 1.29 is 106 Å². The molecule has 2 aromatic rings. The first-order chi connectivity index (χ1) is 17.5. The van der Waals surface area contributed by atoms with Gasteiger partial charge in [0, 0.05) is 20.2 Å². The molecule has 0 aliphatic carbocycles. The van der Waals surface area contributed by atoms with Crippen LogP contribution in [0.5, 0.6) is 23.0 Å². The fraction of sp³-hybridized carbons (Fsp3) is 0.364. The summed E-state index contributed by atoms with van der Waals surface area (Å²) < 4.78 is 24.3. The second-order valence-electron chi connectivity index (χ2n) is 6.63. The maximum Gasteiger partial charge on any atom is 1.00 e. The molecule has 17 heteroatoms. The van der Waals surface area contributed by atoms with Gasteiger partial charge in [0.15, 0.2) is 11.5 Å². The van der Waals surface area contributed by atoms with Crippen LogP contribution in [-0.2, 0) is 22.7 Å². The first kappa shape index (κ1) is 37.9. The van der Waals surface area contributed by atoms with Gasteiger partial charge in [-0.3, -0.25) is 20.2 Å². The van der Waals surface area contributed by atoms with E-state index in [9.17, 15) is 34.9 Å². The number of alkyl carbamates (subject to hydrolysis) is 2. The van der Waals surface area contributed by atoms with E-state index in [1.54, 1.807) is 0 Å². The molecule has 0 aliphatic heterocycles. The van der Waals surface area contributed by atoms with Crippen LogP contribution < -0.4 is 88.1 Å². The zero-order chi connectivity index (χ0) is 28.1. The van der Waals surface area contributed by atoms with Gasteiger partial charge in [-0.05, 0) is 12.1 Å². The van der Waals surface area contributed by atoms with E-state index in [-0.39, 0.29) is 107 Å². The van der Waals surface area contributed by atoms with Crippen LogP contribution in [0.15, 0.2) is 24.3 Å². The zero-order valence-corrected chi connectivity index (χ0v) is 26.4. The maximum absolute atomic E-state index is 11.4. The third kappa shape index (κ3) is 11.6. The molecule has 2 amide bonds. The second-order valence-corrected chi connectivity index (χ2v) is 6.63. The van der Waals surface area contributed by atoms with Crippen molar-refractivity contribution in [2.75, 3.05) is 35.4 Å². The Morgan fingerprint density at radius 3 is 1.46 bits per heavy atom. The van der Waals surface area contributed by atoms with E-state index in [1.165, 1.54) is 53.6 Å². The summed E-state index contributed by atoms with van der Waals surface area (Å²) in [5, 5.41) is 37.5. The number of ether oxygens (including phenoxy) is 5. The molecule has 0 radical (unpaired) electrons. The van der Waals surface area contributed by atoms with Gasteiger partial charge < -0.3 is 39.4 Å². The van der Waals surface area contributed by atoms with Gasteiger partial charge in [0.05, 0.1) is 48.4 Å². The number of hydrogen-bond donors (Lipinski definition) is 2. The molecule has 16 nitrogen and oxygen atoms in total. The summed E-state index contributed by atoms with van der Waals surface area (Å²) in [6.07, 6.45) is -1.40. The van der Waals surface area contributed by atoms with Crippen molar-refractivity contribution in [2.45, 2.75) is 20.6 Å². The SMILES string of the molecule is C.CNC(=O)OCc1cc(OC)c(OC)cc1[N+](=O)[O-].CNC(=O)OCc1cc(OC)c([O-])cc1[N+](=O)[O-].[Rb+]. The Bertz CT molecular complexity index is 1150. The summed E-state index contributed by atoms with van der Waals surface area (Å²) in [7, 11) is 6.81. The molecule has 0 heterocycles. The number of nitrogens with one attached hydrogen (secondary N) is 2. The number of amides is 2. The molecular weight excluding hydrogens is 598 g/mol. The fourth-order valence-corrected chi connectivity index (χ4v) is 2.66. The largest absolute Gasteiger partial charge is 1.00 e. The first-order valence-corrected chi connectivity index (χ1v) is 10.1. The van der Waals surface area contributed by atoms with Crippen molar-refractivity contribution in [1.29, 1.82) is 0 Å². The van der Waals surface area contributed by atoms with Crippen LogP contribution in [0.25, 0.3) is 0 Å². The number of carbonyl (C=O) groups excluding carboxylic acids is 2. The van der Waals surface area contributed by atoms with E-state index in [0.717, 1.165) is 6.07 Å². The van der Waals surface area contributed by atoms with E-state index in [0.29, 0.717) is 5.75 Å². The number of methoxy groups -OCH3 is 3. The second kappa shape index (κ2) is 18.9. The molecule has 0 unspecified atom stereocenters. The molecule has 0 spiro atoms. The summed E-state index contributed by atoms with van der Waals surface area (Å²) in [6.45, 7) is -0.567. The Balaban J connectivity index is 0. The van der Waals surface area contributed by atoms with Crippen molar-refractivity contribution in [3.63, 3.8) is 0 Å². The predicted octanol–water partition coefficient (Wildman–Crippen LogP) is -0.359. The molecule has 0 aliphatic rings. The third-order valence-corrected chi connectivity index (χ3v) is 4.47. The quantitative estimate of drug-likeness (QED) is 0.270. The van der Waals surface area contributed by atoms with Crippen LogP contribution in [-0.4, -0.2) is 57.5 Å². The minimum absolute atomic E-state index is 0. The van der Waals surface area contributed by atoms with Crippen molar-refractivity contribution in [3.05, 3.63) is 55.6 Å². The van der Waals surface area contributed by atoms with Gasteiger partial charge in [0.2, 0.25) is 0 Å². The van der Waals surface area contributed by atoms with Crippen LogP contribution >= 0.6 is 0 Å². The molecule has 0 aromatic heterocycles. The Labute approximate surface area is 273 Å². The number of hydrogen-bond acceptors (Lipinski definition) is 12. The van der Waals surface area contributed by atoms with Crippen LogP contribution in [0.1, 0.15) is 18.6 Å². The Hall–Kier alpha value is -3.21. The molecule has 2 rings (SSSR count). The van der Waals surface area contributed by atoms with Crippen molar-refractivity contribution in [2.24, 2.45) is 0 Å². The number of rotatable bonds is 9. The number of carbonyl (C=O) groups is 2. The smallest absolute Gasteiger partial charge is 0.870 e. The topological polar surface area (TPSA) is 214 Å². The molecule has 0 saturated carbocycles. The molecule has 0 fully saturated rings. The molecule has 2 N–H and O–H groups in total. The number of nitro benzene ring substituents is 2. The molecule has 0 atom stereocenters. The van der Waals surface area contributed by atoms with E-state index in [2.05, 4.69) is 10.6 Å².